The van der Waals surface area contributed by atoms with E-state index in [0.717, 1.165) is 94.5 Å². The first-order valence-electron chi connectivity index (χ1n) is 30.6. The number of nitrogens with zero attached hydrogens (tertiary/aromatic N) is 2. The van der Waals surface area contributed by atoms with Gasteiger partial charge < -0.3 is 18.6 Å². The van der Waals surface area contributed by atoms with Crippen LogP contribution in [0.25, 0.3) is 121 Å². The highest BCUT2D eigenvalue weighted by Gasteiger charge is 2.53. The Morgan fingerprint density at radius 3 is 1.27 bits per heavy atom. The average molecular weight is 1130 g/mol. The summed E-state index contributed by atoms with van der Waals surface area (Å²) in [6, 6.07) is 116. The molecule has 0 saturated heterocycles. The van der Waals surface area contributed by atoms with Crippen LogP contribution >= 0.6 is 0 Å². The zero-order valence-corrected chi connectivity index (χ0v) is 48.2. The first kappa shape index (κ1) is 49.5. The van der Waals surface area contributed by atoms with Gasteiger partial charge in [0, 0.05) is 44.3 Å². The van der Waals surface area contributed by atoms with Crippen LogP contribution in [0, 0.1) is 0 Å². The van der Waals surface area contributed by atoms with Crippen molar-refractivity contribution in [3.8, 4) is 44.5 Å². The molecule has 2 aliphatic carbocycles. The molecule has 4 heteroatoms. The Kier molecular flexibility index (Phi) is 10.7. The van der Waals surface area contributed by atoms with Crippen LogP contribution in [0.2, 0.25) is 0 Å². The van der Waals surface area contributed by atoms with E-state index in [2.05, 4.69) is 319 Å². The number of furan rings is 2. The summed E-state index contributed by atoms with van der Waals surface area (Å²) in [7, 11) is 0. The van der Waals surface area contributed by atoms with E-state index < -0.39 is 5.41 Å². The highest BCUT2D eigenvalue weighted by Crippen LogP contribution is 2.66. The molecule has 0 bridgehead atoms. The van der Waals surface area contributed by atoms with E-state index in [4.69, 9.17) is 8.83 Å². The van der Waals surface area contributed by atoms with Gasteiger partial charge in [0.25, 0.3) is 0 Å². The van der Waals surface area contributed by atoms with E-state index in [-0.39, 0.29) is 0 Å². The number of hydrogen-bond acceptors (Lipinski definition) is 4. The molecule has 0 N–H and O–H groups in total. The van der Waals surface area contributed by atoms with Crippen LogP contribution in [-0.2, 0) is 5.41 Å². The van der Waals surface area contributed by atoms with E-state index >= 15 is 0 Å². The van der Waals surface area contributed by atoms with Crippen LogP contribution < -0.4 is 9.80 Å². The van der Waals surface area contributed by atoms with Crippen molar-refractivity contribution >= 4 is 110 Å². The molecular weight excluding hydrogens is 1080 g/mol. The molecular formula is C85H52N2O2. The maximum atomic E-state index is 6.88. The summed E-state index contributed by atoms with van der Waals surface area (Å²) in [5.41, 5.74) is 23.8. The fourth-order valence-electron chi connectivity index (χ4n) is 15.4. The molecule has 89 heavy (non-hydrogen) atoms. The van der Waals surface area contributed by atoms with Gasteiger partial charge in [0.05, 0.1) is 16.8 Å². The van der Waals surface area contributed by atoms with Crippen molar-refractivity contribution in [1.82, 2.24) is 0 Å². The predicted molar refractivity (Wildman–Crippen MR) is 370 cm³/mol. The van der Waals surface area contributed by atoms with Crippen molar-refractivity contribution in [1.29, 1.82) is 0 Å². The van der Waals surface area contributed by atoms with Crippen molar-refractivity contribution in [2.24, 2.45) is 0 Å². The van der Waals surface area contributed by atoms with Gasteiger partial charge >= 0.3 is 0 Å². The second-order valence-electron chi connectivity index (χ2n) is 23.8. The smallest absolute Gasteiger partial charge is 0.159 e. The lowest BCUT2D eigenvalue weighted by Gasteiger charge is -2.32. The van der Waals surface area contributed by atoms with Gasteiger partial charge in [-0.05, 0) is 184 Å². The largest absolute Gasteiger partial charge is 0.454 e. The summed E-state index contributed by atoms with van der Waals surface area (Å²) in [5, 5.41) is 11.5. The van der Waals surface area contributed by atoms with Crippen molar-refractivity contribution < 1.29 is 8.83 Å². The van der Waals surface area contributed by atoms with Gasteiger partial charge in [-0.1, -0.05) is 231 Å². The Bertz CT molecular complexity index is 5700. The molecule has 0 unspecified atom stereocenters. The van der Waals surface area contributed by atoms with Crippen LogP contribution in [0.3, 0.4) is 0 Å². The van der Waals surface area contributed by atoms with E-state index in [1.165, 1.54) is 82.6 Å². The second kappa shape index (κ2) is 19.1. The van der Waals surface area contributed by atoms with Crippen LogP contribution in [0.4, 0.5) is 34.1 Å². The number of anilines is 6. The van der Waals surface area contributed by atoms with Gasteiger partial charge in [-0.2, -0.15) is 0 Å². The Balaban J connectivity index is 0.851. The van der Waals surface area contributed by atoms with Gasteiger partial charge in [-0.3, -0.25) is 0 Å². The van der Waals surface area contributed by atoms with Gasteiger partial charge in [0.15, 0.2) is 11.2 Å². The quantitative estimate of drug-likeness (QED) is 0.142. The molecule has 4 nitrogen and oxygen atoms in total. The average Bonchev–Trinajstić information content (AvgIpc) is 1.50. The minimum Gasteiger partial charge on any atom is -0.454 e. The molecule has 0 aliphatic heterocycles. The second-order valence-corrected chi connectivity index (χ2v) is 23.8. The van der Waals surface area contributed by atoms with Crippen molar-refractivity contribution in [2.75, 3.05) is 9.80 Å². The number of para-hydroxylation sites is 4. The van der Waals surface area contributed by atoms with Crippen LogP contribution in [-0.4, -0.2) is 0 Å². The van der Waals surface area contributed by atoms with Crippen LogP contribution in [0.15, 0.2) is 324 Å². The fraction of sp³-hybridized carbons (Fsp3) is 0.0118. The molecule has 15 aromatic carbocycles. The fourth-order valence-corrected chi connectivity index (χ4v) is 15.4. The Labute approximate surface area is 513 Å². The third-order valence-electron chi connectivity index (χ3n) is 19.2. The summed E-state index contributed by atoms with van der Waals surface area (Å²) in [6.07, 6.45) is 0. The zero-order valence-electron chi connectivity index (χ0n) is 48.2. The van der Waals surface area contributed by atoms with Crippen molar-refractivity contribution in [2.45, 2.75) is 5.41 Å². The summed E-state index contributed by atoms with van der Waals surface area (Å²) in [4.78, 5) is 4.77. The van der Waals surface area contributed by atoms with Gasteiger partial charge in [0.2, 0.25) is 0 Å². The lowest BCUT2D eigenvalue weighted by molar-refractivity contribution is 0.668. The maximum Gasteiger partial charge on any atom is 0.159 e. The van der Waals surface area contributed by atoms with Crippen LogP contribution in [0.5, 0.6) is 0 Å². The van der Waals surface area contributed by atoms with Crippen molar-refractivity contribution in [3.63, 3.8) is 0 Å². The molecule has 0 atom stereocenters. The molecule has 0 saturated carbocycles. The minimum absolute atomic E-state index is 0.675. The van der Waals surface area contributed by atoms with E-state index in [1.807, 2.05) is 6.07 Å². The summed E-state index contributed by atoms with van der Waals surface area (Å²) in [5.74, 6) is 0. The molecule has 19 rings (SSSR count). The monoisotopic (exact) mass is 1130 g/mol. The Hall–Kier alpha value is -11.7. The highest BCUT2D eigenvalue weighted by atomic mass is 16.3. The van der Waals surface area contributed by atoms with E-state index in [9.17, 15) is 0 Å². The van der Waals surface area contributed by atoms with E-state index in [0.29, 0.717) is 0 Å². The van der Waals surface area contributed by atoms with Gasteiger partial charge in [-0.25, -0.2) is 0 Å². The Morgan fingerprint density at radius 2 is 0.697 bits per heavy atom. The summed E-state index contributed by atoms with van der Waals surface area (Å²) in [6.45, 7) is 0. The first-order valence-corrected chi connectivity index (χ1v) is 30.6. The highest BCUT2D eigenvalue weighted by molar-refractivity contribution is 6.22. The molecule has 0 amide bonds. The predicted octanol–water partition coefficient (Wildman–Crippen LogP) is 23.6. The lowest BCUT2D eigenvalue weighted by Crippen LogP contribution is -2.26. The molecule has 1 spiro atoms. The SMILES string of the molecule is c1ccc(-c2ccc(N(c3ccc4cc5c(cc4c3)C3(c4ccccc4-c4ccccc43)c3c-5c4ccccc4c4cc(N(c5ccc(-c6ccccc6)cc5)c5cccc6c5oc5ccccc56)ccc34)c3cccc4c3oc3ccccc34)cc2)cc1. The number of hydrogen-bond donors (Lipinski definition) is 0. The molecule has 17 aromatic rings. The summed E-state index contributed by atoms with van der Waals surface area (Å²) < 4.78 is 13.7. The lowest BCUT2D eigenvalue weighted by atomic mass is 9.69. The summed E-state index contributed by atoms with van der Waals surface area (Å²) >= 11 is 0. The molecule has 414 valence electrons. The molecule has 0 fully saturated rings. The third-order valence-corrected chi connectivity index (χ3v) is 19.2. The molecule has 0 radical (unpaired) electrons. The van der Waals surface area contributed by atoms with Crippen LogP contribution in [0.1, 0.15) is 22.3 Å². The number of rotatable bonds is 8. The minimum atomic E-state index is -0.675. The third kappa shape index (κ3) is 7.23. The molecule has 2 aromatic heterocycles. The van der Waals surface area contributed by atoms with Gasteiger partial charge in [0.1, 0.15) is 11.2 Å². The van der Waals surface area contributed by atoms with Crippen molar-refractivity contribution in [3.05, 3.63) is 338 Å². The normalized spacial score (nSPS) is 12.8. The maximum absolute atomic E-state index is 6.88. The standard InChI is InChI=1S/C85H52N2O2/c1-3-19-53(20-4-1)55-37-42-59(43-38-55)86(77-33-17-29-70-66-26-11-15-35-79(66)88-83(70)77)61-46-41-57-50-73-76(51-58(57)49-61)85(74-31-13-9-24-64(74)65-25-10-14-32-75(65)85)82-69-48-47-62(52-72(69)63-23-7-8-28-68(63)81(73)82)87(60-44-39-56(40-45-60)54-21-5-2-6-22-54)78-34-18-30-71-67-27-12-16-36-80(67)89-84(71)78/h1-52H. The number of benzene rings is 15. The first-order chi connectivity index (χ1) is 44.1. The van der Waals surface area contributed by atoms with E-state index in [1.54, 1.807) is 0 Å². The zero-order chi connectivity index (χ0) is 58.3. The molecule has 2 aliphatic rings. The topological polar surface area (TPSA) is 32.8 Å². The van der Waals surface area contributed by atoms with Gasteiger partial charge in [-0.15, -0.1) is 0 Å². The number of fused-ring (bicyclic) bond motifs is 22. The molecule has 2 heterocycles. The Morgan fingerprint density at radius 1 is 0.247 bits per heavy atom.